The smallest absolute Gasteiger partial charge is 0.270 e. The van der Waals surface area contributed by atoms with Gasteiger partial charge in [0.05, 0.1) is 23.3 Å². The molecule has 0 aliphatic rings. The molecule has 0 radical (unpaired) electrons. The Kier molecular flexibility index (Phi) is 7.06. The number of carbonyl (C=O) groups is 1. The van der Waals surface area contributed by atoms with Crippen LogP contribution in [0.1, 0.15) is 10.4 Å². The van der Waals surface area contributed by atoms with Crippen molar-refractivity contribution >= 4 is 17.3 Å². The van der Waals surface area contributed by atoms with Gasteiger partial charge in [0.1, 0.15) is 17.1 Å². The summed E-state index contributed by atoms with van der Waals surface area (Å²) in [5.41, 5.74) is 0.0867. The second-order valence-corrected chi connectivity index (χ2v) is 8.60. The van der Waals surface area contributed by atoms with Gasteiger partial charge in [-0.3, -0.25) is 23.8 Å². The van der Waals surface area contributed by atoms with E-state index in [0.717, 1.165) is 16.7 Å². The highest BCUT2D eigenvalue weighted by molar-refractivity contribution is 6.07. The molecule has 2 N–H and O–H groups in total. The number of aromatic nitrogens is 4. The summed E-state index contributed by atoms with van der Waals surface area (Å²) in [4.78, 5) is 30.5. The molecule has 5 aromatic rings. The molecule has 0 fully saturated rings. The van der Waals surface area contributed by atoms with Gasteiger partial charge in [-0.2, -0.15) is 5.10 Å². The van der Waals surface area contributed by atoms with Crippen LogP contribution in [0.2, 0.25) is 0 Å². The van der Waals surface area contributed by atoms with E-state index in [1.807, 2.05) is 0 Å². The number of carbonyl (C=O) groups excluding carboxylic acids is 1. The lowest BCUT2D eigenvalue weighted by Gasteiger charge is -2.14. The molecule has 0 spiro atoms. The van der Waals surface area contributed by atoms with E-state index >= 15 is 4.39 Å². The van der Waals surface area contributed by atoms with Gasteiger partial charge in [-0.1, -0.05) is 0 Å². The average Bonchev–Trinajstić information content (AvgIpc) is 3.38. The van der Waals surface area contributed by atoms with Crippen molar-refractivity contribution in [2.75, 3.05) is 17.7 Å². The zero-order valence-corrected chi connectivity index (χ0v) is 21.2. The summed E-state index contributed by atoms with van der Waals surface area (Å²) in [6, 6.07) is 11.1. The van der Waals surface area contributed by atoms with Gasteiger partial charge in [0.25, 0.3) is 11.5 Å². The summed E-state index contributed by atoms with van der Waals surface area (Å²) in [5, 5.41) is 9.07. The lowest BCUT2D eigenvalue weighted by molar-refractivity contribution is 0.102. The first-order valence-corrected chi connectivity index (χ1v) is 11.9. The third kappa shape index (κ3) is 5.27. The van der Waals surface area contributed by atoms with Crippen LogP contribution in [0.25, 0.3) is 16.9 Å². The number of ether oxygens (including phenoxy) is 1. The number of hydrogen-bond acceptors (Lipinski definition) is 6. The van der Waals surface area contributed by atoms with Gasteiger partial charge < -0.3 is 15.4 Å². The van der Waals surface area contributed by atoms with Crippen LogP contribution in [0.4, 0.5) is 24.5 Å². The SMILES string of the molecule is CNc1ccn(-c2ccc(F)cc2)c(=O)c1C(=O)Nc1cc(F)c(Oc2ccnc(-c3cnn(C)c3)c2)cc1F. The number of aryl methyl sites for hydroxylation is 1. The van der Waals surface area contributed by atoms with E-state index in [0.29, 0.717) is 16.9 Å². The first kappa shape index (κ1) is 26.2. The first-order chi connectivity index (χ1) is 19.2. The summed E-state index contributed by atoms with van der Waals surface area (Å²) >= 11 is 0. The Balaban J connectivity index is 1.41. The number of nitrogens with zero attached hydrogens (tertiary/aromatic N) is 4. The lowest BCUT2D eigenvalue weighted by Crippen LogP contribution is -2.29. The molecule has 9 nitrogen and oxygen atoms in total. The van der Waals surface area contributed by atoms with Gasteiger partial charge in [-0.25, -0.2) is 13.2 Å². The molecule has 1 amide bonds. The molecule has 0 aliphatic heterocycles. The molecule has 0 aliphatic carbocycles. The van der Waals surface area contributed by atoms with E-state index in [-0.39, 0.29) is 17.0 Å². The van der Waals surface area contributed by atoms with Crippen molar-refractivity contribution in [3.05, 3.63) is 113 Å². The van der Waals surface area contributed by atoms with Crippen molar-refractivity contribution in [3.8, 4) is 28.4 Å². The maximum Gasteiger partial charge on any atom is 0.270 e. The molecule has 40 heavy (non-hydrogen) atoms. The maximum atomic E-state index is 15.0. The Bertz CT molecular complexity index is 1780. The molecule has 0 bridgehead atoms. The summed E-state index contributed by atoms with van der Waals surface area (Å²) in [6.07, 6.45) is 6.21. The van der Waals surface area contributed by atoms with Crippen LogP contribution in [-0.2, 0) is 7.05 Å². The normalized spacial score (nSPS) is 10.8. The van der Waals surface area contributed by atoms with Crippen molar-refractivity contribution < 1.29 is 22.7 Å². The molecule has 12 heteroatoms. The molecule has 202 valence electrons. The fraction of sp³-hybridized carbons (Fsp3) is 0.0714. The number of benzene rings is 2. The number of amides is 1. The Morgan fingerprint density at radius 2 is 1.75 bits per heavy atom. The molecular formula is C28H21F3N6O3. The van der Waals surface area contributed by atoms with E-state index in [4.69, 9.17) is 4.74 Å². The Hall–Kier alpha value is -5.39. The van der Waals surface area contributed by atoms with Crippen molar-refractivity contribution in [2.24, 2.45) is 7.05 Å². The summed E-state index contributed by atoms with van der Waals surface area (Å²) in [7, 11) is 3.25. The molecule has 5 rings (SSSR count). The van der Waals surface area contributed by atoms with E-state index in [2.05, 4.69) is 20.7 Å². The number of hydrogen-bond donors (Lipinski definition) is 2. The Morgan fingerprint density at radius 3 is 2.45 bits per heavy atom. The zero-order valence-electron chi connectivity index (χ0n) is 21.2. The lowest BCUT2D eigenvalue weighted by atomic mass is 10.2. The van der Waals surface area contributed by atoms with Crippen molar-refractivity contribution in [1.29, 1.82) is 0 Å². The molecular weight excluding hydrogens is 525 g/mol. The van der Waals surface area contributed by atoms with Gasteiger partial charge in [0.15, 0.2) is 17.4 Å². The number of nitrogens with one attached hydrogen (secondary N) is 2. The van der Waals surface area contributed by atoms with Crippen LogP contribution in [0.3, 0.4) is 0 Å². The van der Waals surface area contributed by atoms with Crippen molar-refractivity contribution in [1.82, 2.24) is 19.3 Å². The standard InChI is InChI=1S/C28H21F3N6O3/c1-32-22-8-10-37(18-5-3-17(29)4-6-18)28(39)26(22)27(38)35-24-12-21(31)25(13-20(24)30)40-19-7-9-33-23(11-19)16-14-34-36(2)15-16/h3-15,32H,1-2H3,(H,35,38). The molecule has 0 atom stereocenters. The van der Waals surface area contributed by atoms with Crippen LogP contribution < -0.4 is 20.9 Å². The second-order valence-electron chi connectivity index (χ2n) is 8.60. The number of rotatable bonds is 7. The Labute approximate surface area is 225 Å². The Morgan fingerprint density at radius 1 is 0.975 bits per heavy atom. The number of pyridine rings is 2. The van der Waals surface area contributed by atoms with E-state index < -0.39 is 40.4 Å². The summed E-state index contributed by atoms with van der Waals surface area (Å²) in [5.74, 6) is -3.65. The third-order valence-corrected chi connectivity index (χ3v) is 5.92. The van der Waals surface area contributed by atoms with Gasteiger partial charge in [0.2, 0.25) is 0 Å². The fourth-order valence-corrected chi connectivity index (χ4v) is 3.97. The van der Waals surface area contributed by atoms with Crippen molar-refractivity contribution in [3.63, 3.8) is 0 Å². The van der Waals surface area contributed by atoms with E-state index in [9.17, 15) is 18.4 Å². The number of anilines is 2. The zero-order chi connectivity index (χ0) is 28.4. The first-order valence-electron chi connectivity index (χ1n) is 11.9. The number of halogens is 3. The van der Waals surface area contributed by atoms with Gasteiger partial charge >= 0.3 is 0 Å². The van der Waals surface area contributed by atoms with Gasteiger partial charge in [-0.05, 0) is 36.4 Å². The van der Waals surface area contributed by atoms with Crippen LogP contribution in [-0.4, -0.2) is 32.3 Å². The predicted molar refractivity (Wildman–Crippen MR) is 142 cm³/mol. The topological polar surface area (TPSA) is 103 Å². The van der Waals surface area contributed by atoms with Crippen LogP contribution in [0, 0.1) is 17.5 Å². The van der Waals surface area contributed by atoms with Crippen molar-refractivity contribution in [2.45, 2.75) is 0 Å². The third-order valence-electron chi connectivity index (χ3n) is 5.92. The average molecular weight is 547 g/mol. The highest BCUT2D eigenvalue weighted by atomic mass is 19.1. The van der Waals surface area contributed by atoms with E-state index in [1.165, 1.54) is 55.8 Å². The quantitative estimate of drug-likeness (QED) is 0.293. The second kappa shape index (κ2) is 10.8. The van der Waals surface area contributed by atoms with Crippen LogP contribution in [0.5, 0.6) is 11.5 Å². The van der Waals surface area contributed by atoms with Crippen LogP contribution in [0.15, 0.2) is 84.2 Å². The monoisotopic (exact) mass is 546 g/mol. The molecule has 0 saturated carbocycles. The minimum Gasteiger partial charge on any atom is -0.454 e. The minimum absolute atomic E-state index is 0.156. The minimum atomic E-state index is -0.993. The van der Waals surface area contributed by atoms with Crippen LogP contribution >= 0.6 is 0 Å². The van der Waals surface area contributed by atoms with E-state index in [1.54, 1.807) is 30.2 Å². The molecule has 0 unspecified atom stereocenters. The highest BCUT2D eigenvalue weighted by Crippen LogP contribution is 2.31. The fourth-order valence-electron chi connectivity index (χ4n) is 3.97. The summed E-state index contributed by atoms with van der Waals surface area (Å²) < 4.78 is 51.6. The maximum absolute atomic E-state index is 15.0. The van der Waals surface area contributed by atoms with Gasteiger partial charge in [-0.15, -0.1) is 0 Å². The highest BCUT2D eigenvalue weighted by Gasteiger charge is 2.21. The molecule has 3 aromatic heterocycles. The molecule has 0 saturated heterocycles. The largest absolute Gasteiger partial charge is 0.454 e. The van der Waals surface area contributed by atoms with Gasteiger partial charge in [0, 0.05) is 62.1 Å². The summed E-state index contributed by atoms with van der Waals surface area (Å²) in [6.45, 7) is 0. The predicted octanol–water partition coefficient (Wildman–Crippen LogP) is 5.14. The molecule has 3 heterocycles. The molecule has 2 aromatic carbocycles.